The lowest BCUT2D eigenvalue weighted by atomic mass is 10.1. The molecule has 1 fully saturated rings. The lowest BCUT2D eigenvalue weighted by Crippen LogP contribution is -2.44. The summed E-state index contributed by atoms with van der Waals surface area (Å²) in [4.78, 5) is 2.00. The number of benzene rings is 2. The molecule has 3 rings (SSSR count). The van der Waals surface area contributed by atoms with E-state index in [1.165, 1.54) is 34.8 Å². The molecule has 1 unspecified atom stereocenters. The minimum Gasteiger partial charge on any atom is -0.355 e. The van der Waals surface area contributed by atoms with E-state index in [2.05, 4.69) is 0 Å². The molecule has 1 atom stereocenters. The molecule has 6 nitrogen and oxygen atoms in total. The Kier molecular flexibility index (Phi) is 7.62. The third-order valence-corrected chi connectivity index (χ3v) is 8.89. The van der Waals surface area contributed by atoms with E-state index in [9.17, 15) is 21.2 Å². The summed E-state index contributed by atoms with van der Waals surface area (Å²) in [7, 11) is -7.04. The quantitative estimate of drug-likeness (QED) is 0.568. The maximum absolute atomic E-state index is 13.4. The van der Waals surface area contributed by atoms with Crippen molar-refractivity contribution >= 4 is 25.5 Å². The van der Waals surface area contributed by atoms with Gasteiger partial charge in [-0.25, -0.2) is 21.2 Å². The van der Waals surface area contributed by atoms with E-state index >= 15 is 0 Å². The highest BCUT2D eigenvalue weighted by Crippen LogP contribution is 2.29. The smallest absolute Gasteiger partial charge is 0.243 e. The monoisotopic (exact) mass is 482 g/mol. The van der Waals surface area contributed by atoms with Crippen LogP contribution in [0.2, 0.25) is 0 Å². The number of halogens is 1. The van der Waals surface area contributed by atoms with Crippen LogP contribution in [0.3, 0.4) is 0 Å². The fourth-order valence-electron chi connectivity index (χ4n) is 4.05. The molecule has 1 saturated heterocycles. The summed E-state index contributed by atoms with van der Waals surface area (Å²) >= 11 is 0. The molecule has 2 aromatic rings. The normalized spacial score (nSPS) is 17.8. The van der Waals surface area contributed by atoms with Gasteiger partial charge < -0.3 is 4.90 Å². The van der Waals surface area contributed by atoms with Gasteiger partial charge in [-0.05, 0) is 67.1 Å². The van der Waals surface area contributed by atoms with Crippen LogP contribution in [0.4, 0.5) is 10.1 Å². The van der Waals surface area contributed by atoms with Crippen molar-refractivity contribution in [2.24, 2.45) is 5.92 Å². The highest BCUT2D eigenvalue weighted by atomic mass is 32.2. The predicted octanol–water partition coefficient (Wildman–Crippen LogP) is 4.03. The molecule has 2 aromatic carbocycles. The first-order chi connectivity index (χ1) is 15.0. The third-order valence-electron chi connectivity index (χ3n) is 5.59. The molecule has 1 aliphatic rings. The number of nitrogens with zero attached hydrogens (tertiary/aromatic N) is 2. The average Bonchev–Trinajstić information content (AvgIpc) is 2.74. The van der Waals surface area contributed by atoms with Gasteiger partial charge in [0.2, 0.25) is 10.0 Å². The van der Waals surface area contributed by atoms with Gasteiger partial charge in [0.05, 0.1) is 4.90 Å². The van der Waals surface area contributed by atoms with Gasteiger partial charge in [0.1, 0.15) is 11.2 Å². The van der Waals surface area contributed by atoms with Gasteiger partial charge in [0.25, 0.3) is 0 Å². The zero-order chi connectivity index (χ0) is 23.5. The summed E-state index contributed by atoms with van der Waals surface area (Å²) in [6, 6.07) is 12.3. The molecule has 176 valence electrons. The average molecular weight is 483 g/mol. The van der Waals surface area contributed by atoms with E-state index in [0.29, 0.717) is 30.8 Å². The Balaban J connectivity index is 1.87. The number of anilines is 1. The maximum Gasteiger partial charge on any atom is 0.243 e. The molecule has 0 saturated carbocycles. The molecule has 0 aromatic heterocycles. The first-order valence-corrected chi connectivity index (χ1v) is 14.2. The second kappa shape index (κ2) is 9.89. The number of piperidine rings is 1. The zero-order valence-corrected chi connectivity index (χ0v) is 20.4. The second-order valence-corrected chi connectivity index (χ2v) is 12.9. The van der Waals surface area contributed by atoms with E-state index in [0.717, 1.165) is 12.8 Å². The van der Waals surface area contributed by atoms with Crippen molar-refractivity contribution < 1.29 is 21.2 Å². The lowest BCUT2D eigenvalue weighted by Gasteiger charge is -2.36. The molecule has 1 heterocycles. The van der Waals surface area contributed by atoms with Crippen molar-refractivity contribution in [3.63, 3.8) is 0 Å². The Morgan fingerprint density at radius 1 is 1.00 bits per heavy atom. The van der Waals surface area contributed by atoms with Gasteiger partial charge in [-0.3, -0.25) is 0 Å². The maximum atomic E-state index is 13.4. The molecule has 0 spiro atoms. The SMILES string of the molecule is CC(C)CN(Cc1ccc(F)cc1)S(=O)(=O)c1ccc(N2CCCCC2S(C)(=O)=O)cc1. The molecule has 0 amide bonds. The Morgan fingerprint density at radius 2 is 1.62 bits per heavy atom. The van der Waals surface area contributed by atoms with Crippen LogP contribution in [0.1, 0.15) is 38.7 Å². The number of rotatable bonds is 8. The van der Waals surface area contributed by atoms with Crippen LogP contribution in [-0.4, -0.2) is 45.9 Å². The predicted molar refractivity (Wildman–Crippen MR) is 125 cm³/mol. The standard InChI is InChI=1S/C23H31FN2O4S2/c1-18(2)16-25(17-19-7-9-20(24)10-8-19)32(29,30)22-13-11-21(12-14-22)26-15-5-4-6-23(26)31(3,27)28/h7-14,18,23H,4-6,15-17H2,1-3H3. The molecule has 32 heavy (non-hydrogen) atoms. The summed E-state index contributed by atoms with van der Waals surface area (Å²) < 4.78 is 65.9. The van der Waals surface area contributed by atoms with Gasteiger partial charge in [-0.15, -0.1) is 0 Å². The summed E-state index contributed by atoms with van der Waals surface area (Å²) in [5, 5.41) is -0.588. The number of sulfone groups is 1. The van der Waals surface area contributed by atoms with Gasteiger partial charge in [0.15, 0.2) is 9.84 Å². The Hall–Kier alpha value is -1.97. The van der Waals surface area contributed by atoms with Gasteiger partial charge >= 0.3 is 0 Å². The van der Waals surface area contributed by atoms with Crippen molar-refractivity contribution in [2.45, 2.75) is 49.9 Å². The topological polar surface area (TPSA) is 74.8 Å². The van der Waals surface area contributed by atoms with Crippen LogP contribution in [0.15, 0.2) is 53.4 Å². The van der Waals surface area contributed by atoms with E-state index in [-0.39, 0.29) is 23.2 Å². The van der Waals surface area contributed by atoms with E-state index in [4.69, 9.17) is 0 Å². The summed E-state index contributed by atoms with van der Waals surface area (Å²) in [5.74, 6) is -0.263. The van der Waals surface area contributed by atoms with Crippen molar-refractivity contribution in [3.8, 4) is 0 Å². The molecular formula is C23H31FN2O4S2. The lowest BCUT2D eigenvalue weighted by molar-refractivity contribution is 0.362. The molecule has 0 aliphatic carbocycles. The summed E-state index contributed by atoms with van der Waals surface area (Å²) in [5.41, 5.74) is 1.41. The first kappa shape index (κ1) is 24.7. The van der Waals surface area contributed by atoms with Gasteiger partial charge in [-0.1, -0.05) is 26.0 Å². The fraction of sp³-hybridized carbons (Fsp3) is 0.478. The van der Waals surface area contributed by atoms with E-state index in [1.807, 2.05) is 18.7 Å². The van der Waals surface area contributed by atoms with Gasteiger partial charge in [0, 0.05) is 31.6 Å². The molecule has 0 bridgehead atoms. The molecular weight excluding hydrogens is 451 g/mol. The van der Waals surface area contributed by atoms with Crippen LogP contribution in [0.25, 0.3) is 0 Å². The van der Waals surface area contributed by atoms with Crippen LogP contribution >= 0.6 is 0 Å². The summed E-state index contributed by atoms with van der Waals surface area (Å²) in [6.45, 7) is 4.97. The van der Waals surface area contributed by atoms with Crippen molar-refractivity contribution in [3.05, 3.63) is 59.9 Å². The van der Waals surface area contributed by atoms with Crippen LogP contribution in [-0.2, 0) is 26.4 Å². The molecule has 1 aliphatic heterocycles. The van der Waals surface area contributed by atoms with Crippen molar-refractivity contribution in [2.75, 3.05) is 24.2 Å². The zero-order valence-electron chi connectivity index (χ0n) is 18.7. The number of hydrogen-bond donors (Lipinski definition) is 0. The Morgan fingerprint density at radius 3 is 2.19 bits per heavy atom. The first-order valence-electron chi connectivity index (χ1n) is 10.8. The minimum atomic E-state index is -3.79. The Labute approximate surface area is 191 Å². The van der Waals surface area contributed by atoms with Crippen LogP contribution < -0.4 is 4.90 Å². The van der Waals surface area contributed by atoms with Crippen molar-refractivity contribution in [1.29, 1.82) is 0 Å². The number of sulfonamides is 1. The minimum absolute atomic E-state index is 0.105. The van der Waals surface area contributed by atoms with Crippen LogP contribution in [0.5, 0.6) is 0 Å². The fourth-order valence-corrected chi connectivity index (χ4v) is 6.92. The summed E-state index contributed by atoms with van der Waals surface area (Å²) in [6.07, 6.45) is 3.56. The van der Waals surface area contributed by atoms with Crippen molar-refractivity contribution in [1.82, 2.24) is 4.31 Å². The van der Waals surface area contributed by atoms with E-state index in [1.54, 1.807) is 24.3 Å². The highest BCUT2D eigenvalue weighted by Gasteiger charge is 2.31. The molecule has 0 radical (unpaired) electrons. The Bertz CT molecular complexity index is 1120. The molecule has 9 heteroatoms. The van der Waals surface area contributed by atoms with E-state index < -0.39 is 25.2 Å². The highest BCUT2D eigenvalue weighted by molar-refractivity contribution is 7.91. The largest absolute Gasteiger partial charge is 0.355 e. The third kappa shape index (κ3) is 5.88. The molecule has 0 N–H and O–H groups in total. The second-order valence-electron chi connectivity index (χ2n) is 8.79. The van der Waals surface area contributed by atoms with Gasteiger partial charge in [-0.2, -0.15) is 4.31 Å². The van der Waals surface area contributed by atoms with Crippen LogP contribution in [0, 0.1) is 11.7 Å². The number of hydrogen-bond acceptors (Lipinski definition) is 5.